The zero-order chi connectivity index (χ0) is 22.9. The highest BCUT2D eigenvalue weighted by molar-refractivity contribution is 6.33. The van der Waals surface area contributed by atoms with Crippen molar-refractivity contribution in [3.05, 3.63) is 88.9 Å². The molecule has 0 spiro atoms. The fourth-order valence-electron chi connectivity index (χ4n) is 4.13. The topological polar surface area (TPSA) is 78.9 Å². The molecule has 0 fully saturated rings. The molecule has 1 heterocycles. The minimum atomic E-state index is -1.77. The molecular formula is C25H23ClN2O4. The summed E-state index contributed by atoms with van der Waals surface area (Å²) in [6, 6.07) is 21.6. The number of anilines is 2. The smallest absolute Gasteiger partial charge is 0.261 e. The number of carbonyl (C=O) groups is 2. The van der Waals surface area contributed by atoms with E-state index in [-0.39, 0.29) is 11.6 Å². The van der Waals surface area contributed by atoms with E-state index in [9.17, 15) is 14.7 Å². The molecule has 1 aliphatic rings. The lowest BCUT2D eigenvalue weighted by atomic mass is 9.83. The zero-order valence-corrected chi connectivity index (χ0v) is 18.5. The number of aliphatic hydroxyl groups is 1. The van der Waals surface area contributed by atoms with Crippen molar-refractivity contribution in [1.82, 2.24) is 0 Å². The van der Waals surface area contributed by atoms with Crippen molar-refractivity contribution in [2.75, 3.05) is 17.3 Å². The normalized spacial score (nSPS) is 18.2. The molecule has 0 saturated carbocycles. The van der Waals surface area contributed by atoms with Gasteiger partial charge in [-0.25, -0.2) is 0 Å². The van der Waals surface area contributed by atoms with Crippen molar-refractivity contribution in [2.45, 2.75) is 25.1 Å². The van der Waals surface area contributed by atoms with Crippen LogP contribution in [0.3, 0.4) is 0 Å². The number of Topliss-reactive ketones (excluding diaryl/α,β-unsaturated/α-hetero) is 1. The van der Waals surface area contributed by atoms with E-state index in [0.717, 1.165) is 5.56 Å². The summed E-state index contributed by atoms with van der Waals surface area (Å²) in [6.45, 7) is 1.52. The molecule has 6 nitrogen and oxygen atoms in total. The molecular weight excluding hydrogens is 428 g/mol. The lowest BCUT2D eigenvalue weighted by Gasteiger charge is -2.34. The number of amides is 1. The molecule has 2 N–H and O–H groups in total. The quantitative estimate of drug-likeness (QED) is 0.565. The lowest BCUT2D eigenvalue weighted by Crippen LogP contribution is -2.56. The average Bonchev–Trinajstić information content (AvgIpc) is 3.04. The summed E-state index contributed by atoms with van der Waals surface area (Å²) in [4.78, 5) is 28.0. The van der Waals surface area contributed by atoms with E-state index < -0.39 is 23.3 Å². The number of fused-ring (bicyclic) bond motifs is 1. The summed E-state index contributed by atoms with van der Waals surface area (Å²) in [7, 11) is 1.56. The molecule has 1 amide bonds. The van der Waals surface area contributed by atoms with Crippen molar-refractivity contribution in [3.63, 3.8) is 0 Å². The molecule has 0 saturated heterocycles. The van der Waals surface area contributed by atoms with E-state index in [2.05, 4.69) is 5.32 Å². The predicted molar refractivity (Wildman–Crippen MR) is 124 cm³/mol. The third-order valence-corrected chi connectivity index (χ3v) is 5.98. The van der Waals surface area contributed by atoms with Crippen LogP contribution in [-0.2, 0) is 21.7 Å². The van der Waals surface area contributed by atoms with Gasteiger partial charge in [-0.15, -0.1) is 0 Å². The fourth-order valence-corrected chi connectivity index (χ4v) is 4.44. The van der Waals surface area contributed by atoms with Crippen LogP contribution in [0.15, 0.2) is 72.8 Å². The van der Waals surface area contributed by atoms with Gasteiger partial charge in [0, 0.05) is 16.3 Å². The van der Waals surface area contributed by atoms with Crippen LogP contribution < -0.4 is 15.0 Å². The Bertz CT molecular complexity index is 1150. The standard InChI is InChI=1S/C25H23ClN2O4/c1-16(29)23(30)25(27-18-11-13-19(32-2)14-12-18)22-20(26)9-6-10-21(22)28(24(25)31)15-17-7-4-3-5-8-17/h3-14,23,27,30H,15H2,1-2H3. The van der Waals surface area contributed by atoms with Crippen molar-refractivity contribution in [2.24, 2.45) is 0 Å². The first-order valence-electron chi connectivity index (χ1n) is 10.1. The van der Waals surface area contributed by atoms with Crippen LogP contribution >= 0.6 is 11.6 Å². The van der Waals surface area contributed by atoms with Crippen LogP contribution in [0, 0.1) is 0 Å². The summed E-state index contributed by atoms with van der Waals surface area (Å²) >= 11 is 6.59. The van der Waals surface area contributed by atoms with Crippen LogP contribution in [0.1, 0.15) is 18.1 Å². The molecule has 7 heteroatoms. The Hall–Kier alpha value is -3.35. The van der Waals surface area contributed by atoms with Gasteiger partial charge >= 0.3 is 0 Å². The number of hydrogen-bond acceptors (Lipinski definition) is 5. The van der Waals surface area contributed by atoms with Crippen LogP contribution in [0.25, 0.3) is 0 Å². The highest BCUT2D eigenvalue weighted by atomic mass is 35.5. The first-order chi connectivity index (χ1) is 15.4. The van der Waals surface area contributed by atoms with Crippen LogP contribution in [0.4, 0.5) is 11.4 Å². The number of aliphatic hydroxyl groups excluding tert-OH is 1. The highest BCUT2D eigenvalue weighted by Crippen LogP contribution is 2.48. The van der Waals surface area contributed by atoms with Gasteiger partial charge in [0.25, 0.3) is 5.91 Å². The summed E-state index contributed by atoms with van der Waals surface area (Å²) in [5.74, 6) is -0.367. The molecule has 0 bridgehead atoms. The highest BCUT2D eigenvalue weighted by Gasteiger charge is 2.58. The second-order valence-electron chi connectivity index (χ2n) is 7.69. The van der Waals surface area contributed by atoms with Crippen molar-refractivity contribution < 1.29 is 19.4 Å². The van der Waals surface area contributed by atoms with Crippen molar-refractivity contribution in [3.8, 4) is 5.75 Å². The van der Waals surface area contributed by atoms with Gasteiger partial charge in [0.15, 0.2) is 11.3 Å². The van der Waals surface area contributed by atoms with E-state index in [4.69, 9.17) is 16.3 Å². The van der Waals surface area contributed by atoms with Crippen molar-refractivity contribution >= 4 is 34.7 Å². The van der Waals surface area contributed by atoms with E-state index in [0.29, 0.717) is 22.7 Å². The van der Waals surface area contributed by atoms with E-state index in [1.165, 1.54) is 6.92 Å². The zero-order valence-electron chi connectivity index (χ0n) is 17.7. The van der Waals surface area contributed by atoms with E-state index in [1.807, 2.05) is 30.3 Å². The lowest BCUT2D eigenvalue weighted by molar-refractivity contribution is -0.136. The van der Waals surface area contributed by atoms with Crippen LogP contribution in [-0.4, -0.2) is 30.0 Å². The molecule has 0 aliphatic carbocycles. The summed E-state index contributed by atoms with van der Waals surface area (Å²) < 4.78 is 5.20. The molecule has 4 rings (SSSR count). The number of ketones is 1. The second-order valence-corrected chi connectivity index (χ2v) is 8.09. The van der Waals surface area contributed by atoms with Gasteiger partial charge in [-0.2, -0.15) is 0 Å². The second kappa shape index (κ2) is 8.65. The molecule has 0 radical (unpaired) electrons. The first kappa shape index (κ1) is 21.9. The average molecular weight is 451 g/mol. The minimum Gasteiger partial charge on any atom is -0.497 e. The number of hydrogen-bond donors (Lipinski definition) is 2. The number of nitrogens with zero attached hydrogens (tertiary/aromatic N) is 1. The van der Waals surface area contributed by atoms with Gasteiger partial charge in [0.2, 0.25) is 0 Å². The van der Waals surface area contributed by atoms with Gasteiger partial charge in [-0.3, -0.25) is 9.59 Å². The van der Waals surface area contributed by atoms with Crippen LogP contribution in [0.2, 0.25) is 5.02 Å². The molecule has 2 unspecified atom stereocenters. The summed E-state index contributed by atoms with van der Waals surface area (Å²) in [5, 5.41) is 14.6. The first-order valence-corrected chi connectivity index (χ1v) is 10.5. The Morgan fingerprint density at radius 1 is 1.09 bits per heavy atom. The molecule has 1 aliphatic heterocycles. The summed E-state index contributed by atoms with van der Waals surface area (Å²) in [5.41, 5.74) is 0.591. The minimum absolute atomic E-state index is 0.268. The maximum absolute atomic E-state index is 14.0. The van der Waals surface area contributed by atoms with Gasteiger partial charge in [-0.05, 0) is 48.9 Å². The number of rotatable bonds is 7. The maximum atomic E-state index is 14.0. The third-order valence-electron chi connectivity index (χ3n) is 5.67. The molecule has 164 valence electrons. The Morgan fingerprint density at radius 2 is 1.78 bits per heavy atom. The summed E-state index contributed by atoms with van der Waals surface area (Å²) in [6.07, 6.45) is -1.66. The maximum Gasteiger partial charge on any atom is 0.261 e. The molecule has 0 aromatic heterocycles. The van der Waals surface area contributed by atoms with E-state index >= 15 is 0 Å². The Kier molecular flexibility index (Phi) is 5.91. The number of ether oxygens (including phenoxy) is 1. The van der Waals surface area contributed by atoms with Gasteiger partial charge < -0.3 is 20.1 Å². The SMILES string of the molecule is COc1ccc(NC2(C(O)C(C)=O)C(=O)N(Cc3ccccc3)c3cccc(Cl)c32)cc1. The molecule has 3 aromatic carbocycles. The van der Waals surface area contributed by atoms with E-state index in [1.54, 1.807) is 54.5 Å². The molecule has 32 heavy (non-hydrogen) atoms. The monoisotopic (exact) mass is 450 g/mol. The molecule has 2 atom stereocenters. The van der Waals surface area contributed by atoms with Gasteiger partial charge in [0.05, 0.1) is 19.3 Å². The van der Waals surface area contributed by atoms with Gasteiger partial charge in [-0.1, -0.05) is 48.0 Å². The van der Waals surface area contributed by atoms with Crippen molar-refractivity contribution in [1.29, 1.82) is 0 Å². The largest absolute Gasteiger partial charge is 0.497 e. The third kappa shape index (κ3) is 3.61. The Balaban J connectivity index is 1.88. The van der Waals surface area contributed by atoms with Gasteiger partial charge in [0.1, 0.15) is 11.9 Å². The number of nitrogens with one attached hydrogen (secondary N) is 1. The number of methoxy groups -OCH3 is 1. The number of halogens is 1. The molecule has 3 aromatic rings. The number of carbonyl (C=O) groups excluding carboxylic acids is 2. The number of benzene rings is 3. The fraction of sp³-hybridized carbons (Fsp3) is 0.200. The Morgan fingerprint density at radius 3 is 2.41 bits per heavy atom. The Labute approximate surface area is 191 Å². The van der Waals surface area contributed by atoms with Crippen LogP contribution in [0.5, 0.6) is 5.75 Å². The predicted octanol–water partition coefficient (Wildman–Crippen LogP) is 4.15.